The third-order valence-corrected chi connectivity index (χ3v) is 3.29. The average molecular weight is 301 g/mol. The van der Waals surface area contributed by atoms with E-state index in [2.05, 4.69) is 17.3 Å². The molecule has 0 atom stereocenters. The minimum absolute atomic E-state index is 0.0247. The van der Waals surface area contributed by atoms with Gasteiger partial charge in [-0.1, -0.05) is 6.92 Å². The number of benzene rings is 1. The van der Waals surface area contributed by atoms with Crippen LogP contribution in [0.4, 0.5) is 0 Å². The third-order valence-electron chi connectivity index (χ3n) is 3.29. The van der Waals surface area contributed by atoms with Crippen LogP contribution in [0.5, 0.6) is 5.75 Å². The van der Waals surface area contributed by atoms with E-state index in [1.807, 2.05) is 38.1 Å². The summed E-state index contributed by atoms with van der Waals surface area (Å²) in [5.41, 5.74) is 2.24. The zero-order chi connectivity index (χ0) is 15.9. The van der Waals surface area contributed by atoms with Gasteiger partial charge in [0.2, 0.25) is 5.43 Å². The fourth-order valence-corrected chi connectivity index (χ4v) is 2.20. The smallest absolute Gasteiger partial charge is 0.204 e. The van der Waals surface area contributed by atoms with E-state index in [9.17, 15) is 4.79 Å². The van der Waals surface area contributed by atoms with Crippen molar-refractivity contribution in [2.45, 2.75) is 33.7 Å². The molecule has 0 bridgehead atoms. The fourth-order valence-electron chi connectivity index (χ4n) is 2.20. The second-order valence-corrected chi connectivity index (χ2v) is 5.11. The van der Waals surface area contributed by atoms with Crippen LogP contribution >= 0.6 is 0 Å². The number of rotatable bonds is 7. The van der Waals surface area contributed by atoms with Crippen LogP contribution in [0.3, 0.4) is 0 Å². The van der Waals surface area contributed by atoms with Crippen LogP contribution in [0.15, 0.2) is 35.1 Å². The van der Waals surface area contributed by atoms with E-state index in [0.29, 0.717) is 18.8 Å². The van der Waals surface area contributed by atoms with Crippen molar-refractivity contribution in [2.75, 3.05) is 13.2 Å². The quantitative estimate of drug-likeness (QED) is 0.798. The topological polar surface area (TPSA) is 56.1 Å². The van der Waals surface area contributed by atoms with Crippen molar-refractivity contribution >= 4 is 0 Å². The summed E-state index contributed by atoms with van der Waals surface area (Å²) in [6, 6.07) is 9.34. The monoisotopic (exact) mass is 301 g/mol. The third kappa shape index (κ3) is 3.95. The van der Waals surface area contributed by atoms with E-state index < -0.39 is 0 Å². The first-order valence-electron chi connectivity index (χ1n) is 7.69. The predicted molar refractivity (Wildman–Crippen MR) is 87.7 cm³/mol. The van der Waals surface area contributed by atoms with Crippen molar-refractivity contribution < 1.29 is 4.74 Å². The van der Waals surface area contributed by atoms with Crippen molar-refractivity contribution in [3.63, 3.8) is 0 Å². The Bertz CT molecular complexity index is 663. The number of hydrogen-bond donors (Lipinski definition) is 1. The lowest BCUT2D eigenvalue weighted by Gasteiger charge is -2.12. The second kappa shape index (κ2) is 7.75. The van der Waals surface area contributed by atoms with Crippen molar-refractivity contribution in [3.8, 4) is 11.4 Å². The molecule has 0 aliphatic heterocycles. The molecule has 0 amide bonds. The molecule has 1 N–H and O–H groups in total. The molecule has 0 saturated carbocycles. The summed E-state index contributed by atoms with van der Waals surface area (Å²) < 4.78 is 7.24. The number of nitrogens with zero attached hydrogens (tertiary/aromatic N) is 2. The van der Waals surface area contributed by atoms with Crippen LogP contribution in [0.1, 0.15) is 31.7 Å². The van der Waals surface area contributed by atoms with Gasteiger partial charge >= 0.3 is 0 Å². The number of hydrogen-bond acceptors (Lipinski definition) is 4. The number of ether oxygens (including phenoxy) is 1. The molecule has 1 aromatic heterocycles. The van der Waals surface area contributed by atoms with Crippen LogP contribution < -0.4 is 15.5 Å². The van der Waals surface area contributed by atoms with E-state index >= 15 is 0 Å². The SMILES string of the molecule is CCCNCc1nn(-c2ccc(OCC)cc2)c(C)cc1=O. The molecule has 0 aliphatic carbocycles. The highest BCUT2D eigenvalue weighted by Gasteiger charge is 2.07. The van der Waals surface area contributed by atoms with Gasteiger partial charge in [0.15, 0.2) is 0 Å². The predicted octanol–water partition coefficient (Wildman–Crippen LogP) is 2.44. The maximum absolute atomic E-state index is 12.0. The zero-order valence-electron chi connectivity index (χ0n) is 13.4. The Balaban J connectivity index is 2.29. The Morgan fingerprint density at radius 3 is 2.59 bits per heavy atom. The fraction of sp³-hybridized carbons (Fsp3) is 0.412. The molecular weight excluding hydrogens is 278 g/mol. The van der Waals surface area contributed by atoms with E-state index in [-0.39, 0.29) is 5.43 Å². The molecule has 0 unspecified atom stereocenters. The van der Waals surface area contributed by atoms with Crippen LogP contribution in [0, 0.1) is 6.92 Å². The summed E-state index contributed by atoms with van der Waals surface area (Å²) >= 11 is 0. The van der Waals surface area contributed by atoms with E-state index in [1.165, 1.54) is 0 Å². The molecule has 5 heteroatoms. The zero-order valence-corrected chi connectivity index (χ0v) is 13.4. The highest BCUT2D eigenvalue weighted by atomic mass is 16.5. The minimum Gasteiger partial charge on any atom is -0.494 e. The first kappa shape index (κ1) is 16.2. The van der Waals surface area contributed by atoms with Gasteiger partial charge in [0.1, 0.15) is 11.4 Å². The maximum Gasteiger partial charge on any atom is 0.204 e. The Labute approximate surface area is 130 Å². The minimum atomic E-state index is -0.0247. The molecule has 2 aromatic rings. The largest absolute Gasteiger partial charge is 0.494 e. The van der Waals surface area contributed by atoms with Crippen LogP contribution in [0.2, 0.25) is 0 Å². The Hall–Kier alpha value is -2.14. The summed E-state index contributed by atoms with van der Waals surface area (Å²) in [5, 5.41) is 7.71. The molecule has 118 valence electrons. The van der Waals surface area contributed by atoms with Crippen LogP contribution in [-0.2, 0) is 6.54 Å². The molecule has 1 heterocycles. The van der Waals surface area contributed by atoms with Crippen LogP contribution in [0.25, 0.3) is 5.69 Å². The highest BCUT2D eigenvalue weighted by molar-refractivity contribution is 5.38. The number of aromatic nitrogens is 2. The lowest BCUT2D eigenvalue weighted by molar-refractivity contribution is 0.340. The summed E-state index contributed by atoms with van der Waals surface area (Å²) in [5.74, 6) is 0.829. The Morgan fingerprint density at radius 1 is 1.23 bits per heavy atom. The molecule has 22 heavy (non-hydrogen) atoms. The lowest BCUT2D eigenvalue weighted by atomic mass is 10.2. The van der Waals surface area contributed by atoms with Gasteiger partial charge in [0, 0.05) is 18.3 Å². The lowest BCUT2D eigenvalue weighted by Crippen LogP contribution is -2.25. The molecule has 0 radical (unpaired) electrons. The molecule has 0 saturated heterocycles. The summed E-state index contributed by atoms with van der Waals surface area (Å²) in [4.78, 5) is 12.0. The average Bonchev–Trinajstić information content (AvgIpc) is 2.51. The molecule has 0 aliphatic rings. The van der Waals surface area contributed by atoms with Gasteiger partial charge in [-0.15, -0.1) is 0 Å². The van der Waals surface area contributed by atoms with E-state index in [0.717, 1.165) is 30.1 Å². The molecule has 0 fully saturated rings. The highest BCUT2D eigenvalue weighted by Crippen LogP contribution is 2.15. The standard InChI is InChI=1S/C17H23N3O2/c1-4-10-18-12-16-17(21)11-13(3)20(19-16)14-6-8-15(9-7-14)22-5-2/h6-9,11,18H,4-5,10,12H2,1-3H3. The van der Waals surface area contributed by atoms with E-state index in [4.69, 9.17) is 4.74 Å². The normalized spacial score (nSPS) is 10.7. The second-order valence-electron chi connectivity index (χ2n) is 5.11. The van der Waals surface area contributed by atoms with Gasteiger partial charge in [-0.2, -0.15) is 5.10 Å². The Morgan fingerprint density at radius 2 is 1.95 bits per heavy atom. The van der Waals surface area contributed by atoms with Crippen LogP contribution in [-0.4, -0.2) is 22.9 Å². The molecule has 0 spiro atoms. The molecule has 5 nitrogen and oxygen atoms in total. The van der Waals surface area contributed by atoms with Gasteiger partial charge in [-0.05, 0) is 51.1 Å². The Kier molecular flexibility index (Phi) is 5.72. The molecule has 2 rings (SSSR count). The summed E-state index contributed by atoms with van der Waals surface area (Å²) in [6.07, 6.45) is 1.03. The van der Waals surface area contributed by atoms with Gasteiger partial charge in [-0.25, -0.2) is 4.68 Å². The van der Waals surface area contributed by atoms with Gasteiger partial charge in [0.05, 0.1) is 12.3 Å². The number of nitrogens with one attached hydrogen (secondary N) is 1. The van der Waals surface area contributed by atoms with Crippen molar-refractivity contribution in [1.82, 2.24) is 15.1 Å². The van der Waals surface area contributed by atoms with E-state index in [1.54, 1.807) is 10.7 Å². The van der Waals surface area contributed by atoms with Crippen molar-refractivity contribution in [3.05, 3.63) is 51.9 Å². The van der Waals surface area contributed by atoms with Gasteiger partial charge in [-0.3, -0.25) is 4.79 Å². The first-order chi connectivity index (χ1) is 10.7. The molecular formula is C17H23N3O2. The van der Waals surface area contributed by atoms with Crippen molar-refractivity contribution in [1.29, 1.82) is 0 Å². The van der Waals surface area contributed by atoms with Gasteiger partial charge < -0.3 is 10.1 Å². The molecule has 1 aromatic carbocycles. The van der Waals surface area contributed by atoms with Crippen molar-refractivity contribution in [2.24, 2.45) is 0 Å². The summed E-state index contributed by atoms with van der Waals surface area (Å²) in [6.45, 7) is 7.93. The first-order valence-corrected chi connectivity index (χ1v) is 7.69. The summed E-state index contributed by atoms with van der Waals surface area (Å²) in [7, 11) is 0. The number of aryl methyl sites for hydroxylation is 1. The van der Waals surface area contributed by atoms with Gasteiger partial charge in [0.25, 0.3) is 0 Å². The maximum atomic E-state index is 12.0.